The Balaban J connectivity index is 2.20. The van der Waals surface area contributed by atoms with E-state index < -0.39 is 0 Å². The number of nitrogens with zero attached hydrogens (tertiary/aromatic N) is 2. The Kier molecular flexibility index (Phi) is 7.39. The van der Waals surface area contributed by atoms with E-state index >= 15 is 0 Å². The summed E-state index contributed by atoms with van der Waals surface area (Å²) in [5.41, 5.74) is 0. The van der Waals surface area contributed by atoms with Gasteiger partial charge in [-0.05, 0) is 7.05 Å². The molecule has 1 saturated heterocycles. The Morgan fingerprint density at radius 2 is 2.00 bits per heavy atom. The van der Waals surface area contributed by atoms with Crippen LogP contribution in [-0.2, 0) is 19.1 Å². The predicted octanol–water partition coefficient (Wildman–Crippen LogP) is -1.46. The van der Waals surface area contributed by atoms with Gasteiger partial charge in [-0.1, -0.05) is 0 Å². The maximum Gasteiger partial charge on any atom is 0.236 e. The molecule has 0 aliphatic carbocycles. The number of rotatable bonds is 7. The van der Waals surface area contributed by atoms with Crippen molar-refractivity contribution in [3.05, 3.63) is 0 Å². The Bertz CT molecular complexity index is 293. The van der Waals surface area contributed by atoms with Crippen molar-refractivity contribution in [3.63, 3.8) is 0 Å². The fraction of sp³-hybridized carbons (Fsp3) is 0.833. The van der Waals surface area contributed by atoms with Gasteiger partial charge in [-0.15, -0.1) is 0 Å². The summed E-state index contributed by atoms with van der Waals surface area (Å²) in [6, 6.07) is 0. The van der Waals surface area contributed by atoms with Crippen molar-refractivity contribution < 1.29 is 19.1 Å². The molecule has 7 nitrogen and oxygen atoms in total. The van der Waals surface area contributed by atoms with Gasteiger partial charge in [-0.3, -0.25) is 14.5 Å². The number of carbonyl (C=O) groups excluding carboxylic acids is 2. The third-order valence-electron chi connectivity index (χ3n) is 2.81. The summed E-state index contributed by atoms with van der Waals surface area (Å²) in [6.45, 7) is 3.87. The molecule has 1 rings (SSSR count). The van der Waals surface area contributed by atoms with E-state index in [2.05, 4.69) is 5.32 Å². The lowest BCUT2D eigenvalue weighted by atomic mass is 10.3. The summed E-state index contributed by atoms with van der Waals surface area (Å²) in [5.74, 6) is -0.0650. The molecule has 110 valence electrons. The zero-order valence-corrected chi connectivity index (χ0v) is 11.7. The molecule has 0 aromatic rings. The number of likely N-dealkylation sites (N-methyl/N-ethyl adjacent to an activating group) is 1. The highest BCUT2D eigenvalue weighted by molar-refractivity contribution is 5.81. The topological polar surface area (TPSA) is 71.1 Å². The molecule has 0 atom stereocenters. The monoisotopic (exact) mass is 273 g/mol. The van der Waals surface area contributed by atoms with E-state index in [4.69, 9.17) is 9.47 Å². The molecule has 1 heterocycles. The van der Waals surface area contributed by atoms with Crippen molar-refractivity contribution in [2.75, 3.05) is 66.7 Å². The van der Waals surface area contributed by atoms with Crippen molar-refractivity contribution in [1.29, 1.82) is 0 Å². The summed E-state index contributed by atoms with van der Waals surface area (Å²) in [7, 11) is 3.34. The van der Waals surface area contributed by atoms with Gasteiger partial charge in [-0.2, -0.15) is 0 Å². The van der Waals surface area contributed by atoms with Crippen LogP contribution in [0.5, 0.6) is 0 Å². The second kappa shape index (κ2) is 8.84. The number of ether oxygens (including phenoxy) is 2. The Morgan fingerprint density at radius 3 is 2.63 bits per heavy atom. The normalized spacial score (nSPS) is 15.6. The Hall–Kier alpha value is -1.18. The van der Waals surface area contributed by atoms with Gasteiger partial charge in [0, 0.05) is 26.7 Å². The summed E-state index contributed by atoms with van der Waals surface area (Å²) in [5, 5.41) is 2.72. The molecule has 0 unspecified atom stereocenters. The van der Waals surface area contributed by atoms with E-state index in [1.807, 2.05) is 0 Å². The first-order valence-corrected chi connectivity index (χ1v) is 6.43. The van der Waals surface area contributed by atoms with Crippen molar-refractivity contribution >= 4 is 11.8 Å². The lowest BCUT2D eigenvalue weighted by Gasteiger charge is -2.28. The van der Waals surface area contributed by atoms with Crippen LogP contribution >= 0.6 is 0 Å². The van der Waals surface area contributed by atoms with Crippen LogP contribution < -0.4 is 5.32 Å². The third-order valence-corrected chi connectivity index (χ3v) is 2.81. The largest absolute Gasteiger partial charge is 0.383 e. The van der Waals surface area contributed by atoms with Gasteiger partial charge in [0.2, 0.25) is 11.8 Å². The van der Waals surface area contributed by atoms with Crippen LogP contribution in [0.4, 0.5) is 0 Å². The molecule has 1 N–H and O–H groups in total. The number of hydrogen-bond donors (Lipinski definition) is 1. The Morgan fingerprint density at radius 1 is 1.32 bits per heavy atom. The maximum atomic E-state index is 11.9. The average Bonchev–Trinajstić information content (AvgIpc) is 2.39. The van der Waals surface area contributed by atoms with Crippen molar-refractivity contribution in [2.45, 2.75) is 0 Å². The highest BCUT2D eigenvalue weighted by Crippen LogP contribution is 1.98. The number of morpholine rings is 1. The second-order valence-electron chi connectivity index (χ2n) is 4.51. The molecular weight excluding hydrogens is 250 g/mol. The number of methoxy groups -OCH3 is 1. The molecule has 0 bridgehead atoms. The first-order valence-electron chi connectivity index (χ1n) is 6.43. The molecule has 0 aromatic heterocycles. The third kappa shape index (κ3) is 6.51. The van der Waals surface area contributed by atoms with E-state index in [0.29, 0.717) is 39.5 Å². The van der Waals surface area contributed by atoms with Crippen molar-refractivity contribution in [1.82, 2.24) is 15.1 Å². The predicted molar refractivity (Wildman–Crippen MR) is 69.8 cm³/mol. The van der Waals surface area contributed by atoms with Crippen LogP contribution in [0, 0.1) is 0 Å². The van der Waals surface area contributed by atoms with E-state index in [0.717, 1.165) is 0 Å². The first-order chi connectivity index (χ1) is 9.13. The van der Waals surface area contributed by atoms with Gasteiger partial charge < -0.3 is 19.7 Å². The van der Waals surface area contributed by atoms with Crippen molar-refractivity contribution in [2.24, 2.45) is 0 Å². The van der Waals surface area contributed by atoms with Gasteiger partial charge >= 0.3 is 0 Å². The quantitative estimate of drug-likeness (QED) is 0.574. The van der Waals surface area contributed by atoms with Crippen LogP contribution in [-0.4, -0.2) is 88.3 Å². The molecule has 0 saturated carbocycles. The van der Waals surface area contributed by atoms with Crippen molar-refractivity contribution in [3.8, 4) is 0 Å². The first kappa shape index (κ1) is 15.9. The molecule has 2 amide bonds. The molecule has 0 spiro atoms. The smallest absolute Gasteiger partial charge is 0.236 e. The minimum absolute atomic E-state index is 0.0375. The molecular formula is C12H23N3O4. The maximum absolute atomic E-state index is 11.9. The SMILES string of the molecule is COCCNC(=O)CN(C)CC(=O)N1CCOCC1. The fourth-order valence-electron chi connectivity index (χ4n) is 1.79. The number of hydrogen-bond acceptors (Lipinski definition) is 5. The standard InChI is InChI=1S/C12H23N3O4/c1-14(9-11(16)13-3-6-18-2)10-12(17)15-4-7-19-8-5-15/h3-10H2,1-2H3,(H,13,16). The lowest BCUT2D eigenvalue weighted by Crippen LogP contribution is -2.46. The van der Waals surface area contributed by atoms with E-state index in [1.165, 1.54) is 0 Å². The van der Waals surface area contributed by atoms with E-state index in [1.54, 1.807) is 24.0 Å². The van der Waals surface area contributed by atoms with Crippen LogP contribution in [0.15, 0.2) is 0 Å². The second-order valence-corrected chi connectivity index (χ2v) is 4.51. The zero-order valence-electron chi connectivity index (χ0n) is 11.7. The van der Waals surface area contributed by atoms with Crippen LogP contribution in [0.25, 0.3) is 0 Å². The van der Waals surface area contributed by atoms with Crippen LogP contribution in [0.1, 0.15) is 0 Å². The van der Waals surface area contributed by atoms with Gasteiger partial charge in [0.15, 0.2) is 0 Å². The highest BCUT2D eigenvalue weighted by Gasteiger charge is 2.18. The van der Waals surface area contributed by atoms with E-state index in [-0.39, 0.29) is 24.9 Å². The molecule has 7 heteroatoms. The fourth-order valence-corrected chi connectivity index (χ4v) is 1.79. The summed E-state index contributed by atoms with van der Waals surface area (Å²) in [4.78, 5) is 26.9. The summed E-state index contributed by atoms with van der Waals surface area (Å²) >= 11 is 0. The van der Waals surface area contributed by atoms with Crippen LogP contribution in [0.2, 0.25) is 0 Å². The molecule has 1 aliphatic rings. The van der Waals surface area contributed by atoms with Gasteiger partial charge in [0.05, 0.1) is 32.9 Å². The Labute approximate surface area is 113 Å². The van der Waals surface area contributed by atoms with Crippen LogP contribution in [0.3, 0.4) is 0 Å². The molecule has 1 aliphatic heterocycles. The number of carbonyl (C=O) groups is 2. The summed E-state index contributed by atoms with van der Waals surface area (Å²) in [6.07, 6.45) is 0. The number of amides is 2. The molecule has 0 aromatic carbocycles. The lowest BCUT2D eigenvalue weighted by molar-refractivity contribution is -0.136. The average molecular weight is 273 g/mol. The minimum atomic E-state index is -0.102. The highest BCUT2D eigenvalue weighted by atomic mass is 16.5. The minimum Gasteiger partial charge on any atom is -0.383 e. The van der Waals surface area contributed by atoms with Gasteiger partial charge in [0.25, 0.3) is 0 Å². The molecule has 19 heavy (non-hydrogen) atoms. The summed E-state index contributed by atoms with van der Waals surface area (Å²) < 4.78 is 10.0. The van der Waals surface area contributed by atoms with E-state index in [9.17, 15) is 9.59 Å². The van der Waals surface area contributed by atoms with Gasteiger partial charge in [0.1, 0.15) is 0 Å². The molecule has 1 fully saturated rings. The van der Waals surface area contributed by atoms with Gasteiger partial charge in [-0.25, -0.2) is 0 Å². The zero-order chi connectivity index (χ0) is 14.1. The number of nitrogens with one attached hydrogen (secondary N) is 1. The molecule has 0 radical (unpaired) electrons.